The molecule has 6 N–H and O–H groups in total. The smallest absolute Gasteiger partial charge is 0.246 e. The molecular formula is C66H120N12O12. The number of carbonyl (C=O) groups excluding carboxylic acids is 11. The Kier molecular flexibility index (Phi) is 35.1. The lowest BCUT2D eigenvalue weighted by molar-refractivity contribution is -0.157. The highest BCUT2D eigenvalue weighted by molar-refractivity contribution is 5.99. The third-order valence-corrected chi connectivity index (χ3v) is 17.0. The number of amides is 11. The van der Waals surface area contributed by atoms with Crippen LogP contribution in [0.3, 0.4) is 0 Å². The van der Waals surface area contributed by atoms with Gasteiger partial charge in [0.1, 0.15) is 60.4 Å². The molecule has 2 saturated heterocycles. The highest BCUT2D eigenvalue weighted by Crippen LogP contribution is 2.26. The molecule has 2 aliphatic heterocycles. The summed E-state index contributed by atoms with van der Waals surface area (Å²) in [5, 5.41) is 26.3. The van der Waals surface area contributed by atoms with Gasteiger partial charge in [0.05, 0.1) is 12.6 Å². The topological polar surface area (TPSA) is 291 Å². The summed E-state index contributed by atoms with van der Waals surface area (Å²) in [6, 6.07) is -12.3. The van der Waals surface area contributed by atoms with E-state index >= 15 is 9.59 Å². The minimum Gasteiger partial charge on any atom is -0.390 e. The predicted octanol–water partition coefficient (Wildman–Crippen LogP) is 3.64. The number of rotatable bonds is 15. The third kappa shape index (κ3) is 24.1. The van der Waals surface area contributed by atoms with Crippen LogP contribution in [-0.2, 0) is 52.7 Å². The number of hydrogen-bond acceptors (Lipinski definition) is 13. The minimum absolute atomic E-state index is 0.0229. The molecule has 24 heteroatoms. The Morgan fingerprint density at radius 1 is 0.467 bits per heavy atom. The molecule has 12 atom stereocenters. The summed E-state index contributed by atoms with van der Waals surface area (Å²) in [5.41, 5.74) is 0. The van der Waals surface area contributed by atoms with Gasteiger partial charge in [0.25, 0.3) is 0 Å². The van der Waals surface area contributed by atoms with Crippen molar-refractivity contribution in [3.05, 3.63) is 12.2 Å². The van der Waals surface area contributed by atoms with Gasteiger partial charge in [0.15, 0.2) is 0 Å². The number of likely N-dealkylation sites (N-methyl/N-ethyl adjacent to an activating group) is 7. The van der Waals surface area contributed by atoms with Crippen molar-refractivity contribution in [1.82, 2.24) is 60.9 Å². The van der Waals surface area contributed by atoms with Crippen LogP contribution in [0.2, 0.25) is 0 Å². The second kappa shape index (κ2) is 38.6. The summed E-state index contributed by atoms with van der Waals surface area (Å²) in [4.78, 5) is 169. The monoisotopic (exact) mass is 1270 g/mol. The zero-order valence-corrected chi connectivity index (χ0v) is 59.4. The Hall–Kier alpha value is -6.17. The van der Waals surface area contributed by atoms with Crippen molar-refractivity contribution in [2.75, 3.05) is 69.0 Å². The van der Waals surface area contributed by atoms with E-state index in [-0.39, 0.29) is 55.8 Å². The molecule has 0 aromatic carbocycles. The van der Waals surface area contributed by atoms with Crippen LogP contribution in [0.4, 0.5) is 0 Å². The SMILES string of the molecule is C/C=C/C[C@@H](C)[C@@H](O)[C@H]1C(=O)N[C@@H](CC)C(=O)N(C)CC(=O)N(C)[C@@H](CC(C)C)C(=O)N[C@@H](C(C)C)C(=O)N(C)[C@@H](CC(C)C)C(=O)N[C@@H](C)C(=O)N[C@H](C)C(=O)N(C)[C@@H](CC(C)C)C(=O)N(C)[C@@H](CC(C)C)C(=O)N(C)[C@@H](C(C)C)C(=O)N1C.C1CCNC1. The second-order valence-electron chi connectivity index (χ2n) is 27.5. The van der Waals surface area contributed by atoms with Gasteiger partial charge >= 0.3 is 0 Å². The van der Waals surface area contributed by atoms with Gasteiger partial charge in [-0.1, -0.05) is 109 Å². The fourth-order valence-electron chi connectivity index (χ4n) is 11.3. The molecule has 0 bridgehead atoms. The Labute approximate surface area is 539 Å². The molecule has 2 heterocycles. The van der Waals surface area contributed by atoms with Gasteiger partial charge in [-0.3, -0.25) is 52.7 Å². The number of aliphatic hydroxyl groups is 1. The molecule has 0 unspecified atom stereocenters. The molecule has 0 aromatic rings. The van der Waals surface area contributed by atoms with Crippen LogP contribution >= 0.6 is 0 Å². The van der Waals surface area contributed by atoms with E-state index in [0.717, 1.165) is 9.80 Å². The first kappa shape index (κ1) is 81.8. The third-order valence-electron chi connectivity index (χ3n) is 17.0. The van der Waals surface area contributed by atoms with Crippen LogP contribution in [0.5, 0.6) is 0 Å². The Bertz CT molecular complexity index is 2410. The molecule has 2 aliphatic rings. The van der Waals surface area contributed by atoms with Crippen molar-refractivity contribution in [2.24, 2.45) is 41.4 Å². The maximum Gasteiger partial charge on any atom is 0.246 e. The number of allylic oxidation sites excluding steroid dienone is 2. The fourth-order valence-corrected chi connectivity index (χ4v) is 11.3. The summed E-state index contributed by atoms with van der Waals surface area (Å²) in [6.07, 6.45) is 5.82. The Balaban J connectivity index is 0.00000768. The molecule has 0 aliphatic carbocycles. The predicted molar refractivity (Wildman–Crippen MR) is 351 cm³/mol. The zero-order valence-electron chi connectivity index (χ0n) is 59.4. The Morgan fingerprint density at radius 3 is 1.32 bits per heavy atom. The van der Waals surface area contributed by atoms with Crippen molar-refractivity contribution < 1.29 is 57.8 Å². The van der Waals surface area contributed by atoms with Crippen LogP contribution in [0.15, 0.2) is 12.2 Å². The van der Waals surface area contributed by atoms with Gasteiger partial charge in [0, 0.05) is 49.3 Å². The van der Waals surface area contributed by atoms with Gasteiger partial charge in [-0.2, -0.15) is 0 Å². The van der Waals surface area contributed by atoms with E-state index in [1.165, 1.54) is 114 Å². The number of nitrogens with one attached hydrogen (secondary N) is 5. The molecule has 0 radical (unpaired) electrons. The maximum atomic E-state index is 15.1. The van der Waals surface area contributed by atoms with Gasteiger partial charge in [-0.05, 0) is 127 Å². The number of carbonyl (C=O) groups is 11. The van der Waals surface area contributed by atoms with E-state index in [1.807, 2.05) is 61.5 Å². The van der Waals surface area contributed by atoms with E-state index in [1.54, 1.807) is 54.5 Å². The summed E-state index contributed by atoms with van der Waals surface area (Å²) < 4.78 is 0. The van der Waals surface area contributed by atoms with Crippen molar-refractivity contribution >= 4 is 65.0 Å². The quantitative estimate of drug-likeness (QED) is 0.128. The van der Waals surface area contributed by atoms with Crippen LogP contribution in [0, 0.1) is 41.4 Å². The first-order valence-electron chi connectivity index (χ1n) is 32.8. The molecule has 90 heavy (non-hydrogen) atoms. The van der Waals surface area contributed by atoms with Crippen LogP contribution in [0.1, 0.15) is 169 Å². The van der Waals surface area contributed by atoms with Crippen molar-refractivity contribution in [1.29, 1.82) is 0 Å². The van der Waals surface area contributed by atoms with Gasteiger partial charge in [-0.15, -0.1) is 0 Å². The summed E-state index contributed by atoms with van der Waals surface area (Å²) in [6.45, 7) is 31.8. The average Bonchev–Trinajstić information content (AvgIpc) is 1.12. The fraction of sp³-hybridized carbons (Fsp3) is 0.803. The standard InChI is InChI=1S/C62H111N11O12.C4H9N/c1-25-27-28-40(15)52(75)51-56(79)65-43(26-2)58(81)67(18)33-48(74)68(19)44(29-34(3)4)55(78)66-49(38(11)12)61(84)69(20)45(30-35(5)6)54(77)63-41(16)53(76)64-42(17)57(80)70(21)46(31-36(7)8)59(82)71(22)47(32-37(9)10)60(83)72(23)50(39(13)14)62(85)73(51)24;1-2-4-5-3-1/h25,27,34-47,49-52,75H,26,28-33H2,1-24H3,(H,63,77)(H,64,76)(H,65,79)(H,66,78);5H,1-4H2/b27-25+;/t40-,41+,42-,43+,44+,45+,46+,47+,49+,50+,51+,52-;/m1./s1. The van der Waals surface area contributed by atoms with Crippen LogP contribution in [-0.4, -0.2) is 240 Å². The lowest BCUT2D eigenvalue weighted by atomic mass is 9.91. The first-order chi connectivity index (χ1) is 41.7. The Morgan fingerprint density at radius 2 is 0.889 bits per heavy atom. The van der Waals surface area contributed by atoms with Gasteiger partial charge in [-0.25, -0.2) is 0 Å². The average molecular weight is 1270 g/mol. The highest BCUT2D eigenvalue weighted by Gasteiger charge is 2.46. The normalized spacial score (nSPS) is 26.7. The molecule has 0 spiro atoms. The molecule has 2 fully saturated rings. The van der Waals surface area contributed by atoms with Crippen LogP contribution in [0.25, 0.3) is 0 Å². The zero-order chi connectivity index (χ0) is 69.5. The van der Waals surface area contributed by atoms with Gasteiger partial charge < -0.3 is 66.0 Å². The van der Waals surface area contributed by atoms with Crippen molar-refractivity contribution in [2.45, 2.75) is 236 Å². The summed E-state index contributed by atoms with van der Waals surface area (Å²) in [7, 11) is 9.92. The highest BCUT2D eigenvalue weighted by atomic mass is 16.3. The second-order valence-corrected chi connectivity index (χ2v) is 27.5. The minimum atomic E-state index is -1.61. The van der Waals surface area contributed by atoms with E-state index < -0.39 is 156 Å². The lowest BCUT2D eigenvalue weighted by Gasteiger charge is -2.41. The maximum absolute atomic E-state index is 15.1. The lowest BCUT2D eigenvalue weighted by Crippen LogP contribution is -2.63. The van der Waals surface area contributed by atoms with E-state index in [2.05, 4.69) is 26.6 Å². The molecule has 11 amide bonds. The van der Waals surface area contributed by atoms with E-state index in [0.29, 0.717) is 6.42 Å². The summed E-state index contributed by atoms with van der Waals surface area (Å²) >= 11 is 0. The number of nitrogens with zero attached hydrogens (tertiary/aromatic N) is 7. The van der Waals surface area contributed by atoms with E-state index in [4.69, 9.17) is 0 Å². The molecule has 2 rings (SSSR count). The molecule has 24 nitrogen and oxygen atoms in total. The summed E-state index contributed by atoms with van der Waals surface area (Å²) in [5.74, 6) is -9.71. The number of aliphatic hydroxyl groups excluding tert-OH is 1. The largest absolute Gasteiger partial charge is 0.390 e. The van der Waals surface area contributed by atoms with Gasteiger partial charge in [0.2, 0.25) is 65.0 Å². The van der Waals surface area contributed by atoms with Crippen molar-refractivity contribution in [3.8, 4) is 0 Å². The molecule has 516 valence electrons. The van der Waals surface area contributed by atoms with Crippen molar-refractivity contribution in [3.63, 3.8) is 0 Å². The first-order valence-corrected chi connectivity index (χ1v) is 32.8. The molecule has 0 saturated carbocycles. The van der Waals surface area contributed by atoms with E-state index in [9.17, 15) is 48.3 Å². The molecule has 0 aromatic heterocycles. The van der Waals surface area contributed by atoms with Crippen LogP contribution < -0.4 is 26.6 Å². The molecular weight excluding hydrogens is 1150 g/mol. The number of hydrogen-bond donors (Lipinski definition) is 6.